The molecule has 2 fully saturated rings. The number of anilines is 1. The van der Waals surface area contributed by atoms with Crippen LogP contribution in [-0.2, 0) is 17.5 Å². The molecule has 1 spiro atoms. The lowest BCUT2D eigenvalue weighted by atomic mass is 9.81. The highest BCUT2D eigenvalue weighted by Gasteiger charge is 2.49. The van der Waals surface area contributed by atoms with Crippen molar-refractivity contribution in [2.75, 3.05) is 43.4 Å². The van der Waals surface area contributed by atoms with Crippen LogP contribution in [0.3, 0.4) is 0 Å². The predicted octanol–water partition coefficient (Wildman–Crippen LogP) is 7.82. The van der Waals surface area contributed by atoms with Crippen molar-refractivity contribution in [3.63, 3.8) is 0 Å². The molecule has 0 bridgehead atoms. The summed E-state index contributed by atoms with van der Waals surface area (Å²) in [6.07, 6.45) is -10.2. The van der Waals surface area contributed by atoms with Crippen LogP contribution in [0.4, 0.5) is 45.7 Å². The summed E-state index contributed by atoms with van der Waals surface area (Å²) in [5.41, 5.74) is -5.28. The van der Waals surface area contributed by atoms with Crippen LogP contribution in [0.5, 0.6) is 0 Å². The van der Waals surface area contributed by atoms with Crippen molar-refractivity contribution < 1.29 is 44.7 Å². The van der Waals surface area contributed by atoms with E-state index in [-0.39, 0.29) is 60.1 Å². The van der Waals surface area contributed by atoms with E-state index in [9.17, 15) is 27.2 Å². The van der Waals surface area contributed by atoms with Crippen LogP contribution < -0.4 is 10.6 Å². The van der Waals surface area contributed by atoms with E-state index in [1.165, 1.54) is 4.90 Å². The number of carbonyl (C=O) groups is 1. The Kier molecular flexibility index (Phi) is 9.31. The maximum Gasteiger partial charge on any atom is 0.417 e. The van der Waals surface area contributed by atoms with Gasteiger partial charge in [-0.25, -0.2) is 18.4 Å². The number of nitrogens with zero attached hydrogens (tertiary/aromatic N) is 5. The van der Waals surface area contributed by atoms with E-state index in [4.69, 9.17) is 16.3 Å². The fraction of sp³-hybridized carbons (Fsp3) is 0.545. The Morgan fingerprint density at radius 2 is 1.63 bits per heavy atom. The lowest BCUT2D eigenvalue weighted by Gasteiger charge is -2.50. The zero-order chi connectivity index (χ0) is 37.6. The van der Waals surface area contributed by atoms with Gasteiger partial charge in [0, 0.05) is 71.4 Å². The van der Waals surface area contributed by atoms with Crippen LogP contribution in [-0.4, -0.2) is 87.8 Å². The van der Waals surface area contributed by atoms with Gasteiger partial charge in [0.25, 0.3) is 0 Å². The van der Waals surface area contributed by atoms with Gasteiger partial charge in [-0.15, -0.1) is 11.8 Å². The van der Waals surface area contributed by atoms with Gasteiger partial charge in [0.05, 0.1) is 34.7 Å². The van der Waals surface area contributed by atoms with Gasteiger partial charge in [0.1, 0.15) is 23.1 Å². The minimum absolute atomic E-state index is 0.0135. The number of benzene rings is 2. The lowest BCUT2D eigenvalue weighted by molar-refractivity contribution is -0.168. The fourth-order valence-corrected chi connectivity index (χ4v) is 8.97. The number of piperazine rings is 1. The quantitative estimate of drug-likeness (QED) is 0.199. The van der Waals surface area contributed by atoms with E-state index in [0.717, 1.165) is 33.4 Å². The van der Waals surface area contributed by atoms with Crippen LogP contribution >= 0.6 is 23.4 Å². The Hall–Kier alpha value is -3.31. The molecule has 2 saturated heterocycles. The molecular weight excluding hydrogens is 734 g/mol. The molecule has 278 valence electrons. The van der Waals surface area contributed by atoms with Crippen LogP contribution in [0.2, 0.25) is 5.02 Å². The van der Waals surface area contributed by atoms with Crippen LogP contribution in [0.15, 0.2) is 27.9 Å². The molecule has 2 atom stereocenters. The normalized spacial score (nSPS) is 21.2. The number of likely N-dealkylation sites (tertiary alicyclic amines) is 1. The second kappa shape index (κ2) is 12.7. The van der Waals surface area contributed by atoms with E-state index in [2.05, 4.69) is 4.98 Å². The molecule has 51 heavy (non-hydrogen) atoms. The average Bonchev–Trinajstić information content (AvgIpc) is 3.13. The molecular formula is C33H34ClF8N5O3S. The van der Waals surface area contributed by atoms with E-state index in [0.29, 0.717) is 6.07 Å². The Morgan fingerprint density at radius 3 is 2.20 bits per heavy atom. The average molecular weight is 768 g/mol. The molecule has 6 rings (SSSR count). The second-order valence-corrected chi connectivity index (χ2v) is 16.0. The first kappa shape index (κ1) is 37.4. The van der Waals surface area contributed by atoms with E-state index in [1.54, 1.807) is 39.5 Å². The number of ether oxygens (including phenoxy) is 1. The number of thioether (sulfide) groups is 1. The Balaban J connectivity index is 1.55. The highest BCUT2D eigenvalue weighted by atomic mass is 35.5. The summed E-state index contributed by atoms with van der Waals surface area (Å²) in [6, 6.07) is 0.812. The second-order valence-electron chi connectivity index (χ2n) is 14.6. The first-order valence-electron chi connectivity index (χ1n) is 16.0. The lowest BCUT2D eigenvalue weighted by Crippen LogP contribution is -2.61. The van der Waals surface area contributed by atoms with Crippen molar-refractivity contribution in [2.45, 2.75) is 76.1 Å². The number of aromatic nitrogens is 2. The zero-order valence-electron chi connectivity index (χ0n) is 28.1. The van der Waals surface area contributed by atoms with E-state index in [1.807, 2.05) is 0 Å². The van der Waals surface area contributed by atoms with Gasteiger partial charge in [-0.2, -0.15) is 31.3 Å². The summed E-state index contributed by atoms with van der Waals surface area (Å²) in [5.74, 6) is -2.64. The molecule has 18 heteroatoms. The van der Waals surface area contributed by atoms with Gasteiger partial charge in [-0.05, 0) is 46.8 Å². The standard InChI is InChI=1S/C33H34ClF8N5O3S/c1-16-9-45(10-17(2)47(16)29(49)50-30(3,4)5)27-19-6-20(33(40,41)42)24(18-7-21(34)23(36)8-22(18)35)26-25(19)46(28(48)43-27)13-31(15-51-26)11-44(12-31)14-32(37,38)39/h6-8,16-17H,9-15H2,1-5H3. The van der Waals surface area contributed by atoms with Crippen molar-refractivity contribution >= 4 is 46.2 Å². The molecule has 3 aromatic rings. The van der Waals surface area contributed by atoms with Crippen molar-refractivity contribution in [2.24, 2.45) is 5.41 Å². The van der Waals surface area contributed by atoms with E-state index >= 15 is 17.6 Å². The first-order chi connectivity index (χ1) is 23.5. The minimum atomic E-state index is -5.11. The summed E-state index contributed by atoms with van der Waals surface area (Å²) in [5, 5.41) is -0.738. The fourth-order valence-electron chi connectivity index (χ4n) is 7.36. The molecule has 8 nitrogen and oxygen atoms in total. The summed E-state index contributed by atoms with van der Waals surface area (Å²) < 4.78 is 121. The first-order valence-corrected chi connectivity index (χ1v) is 17.4. The number of amides is 1. The predicted molar refractivity (Wildman–Crippen MR) is 176 cm³/mol. The van der Waals surface area contributed by atoms with E-state index < -0.39 is 87.1 Å². The van der Waals surface area contributed by atoms with Gasteiger partial charge < -0.3 is 9.64 Å². The summed E-state index contributed by atoms with van der Waals surface area (Å²) >= 11 is 6.82. The summed E-state index contributed by atoms with van der Waals surface area (Å²) in [4.78, 5) is 35.4. The Bertz CT molecular complexity index is 1950. The third-order valence-corrected chi connectivity index (χ3v) is 10.9. The number of hydrogen-bond donors (Lipinski definition) is 0. The molecule has 0 N–H and O–H groups in total. The minimum Gasteiger partial charge on any atom is -0.444 e. The molecule has 3 aliphatic rings. The molecule has 4 heterocycles. The molecule has 0 aliphatic carbocycles. The van der Waals surface area contributed by atoms with Crippen LogP contribution in [0.25, 0.3) is 22.0 Å². The number of rotatable bonds is 3. The highest BCUT2D eigenvalue weighted by Crippen LogP contribution is 2.52. The Labute approximate surface area is 296 Å². The van der Waals surface area contributed by atoms with Gasteiger partial charge in [0.15, 0.2) is 0 Å². The van der Waals surface area contributed by atoms with Crippen molar-refractivity contribution in [1.82, 2.24) is 19.4 Å². The molecule has 0 radical (unpaired) electrons. The van der Waals surface area contributed by atoms with Gasteiger partial charge >= 0.3 is 24.1 Å². The SMILES string of the molecule is CC1CN(c2nc(=O)n3c4c(c(-c5cc(Cl)c(F)cc5F)c(C(F)(F)F)cc24)SCC2(CN(CC(F)(F)F)C2)C3)CC(C)N1C(=O)OC(C)(C)C. The van der Waals surface area contributed by atoms with Crippen LogP contribution in [0.1, 0.15) is 40.2 Å². The zero-order valence-corrected chi connectivity index (χ0v) is 29.7. The Morgan fingerprint density at radius 1 is 1.00 bits per heavy atom. The maximum atomic E-state index is 15.5. The third-order valence-electron chi connectivity index (χ3n) is 9.14. The molecule has 1 aromatic heterocycles. The van der Waals surface area contributed by atoms with Crippen molar-refractivity contribution in [1.29, 1.82) is 0 Å². The van der Waals surface area contributed by atoms with Gasteiger partial charge in [-0.1, -0.05) is 11.6 Å². The molecule has 1 amide bonds. The smallest absolute Gasteiger partial charge is 0.417 e. The molecule has 2 aromatic carbocycles. The summed E-state index contributed by atoms with van der Waals surface area (Å²) in [7, 11) is 0. The van der Waals surface area contributed by atoms with Crippen LogP contribution in [0, 0.1) is 17.0 Å². The van der Waals surface area contributed by atoms with Gasteiger partial charge in [0.2, 0.25) is 0 Å². The number of alkyl halides is 6. The highest BCUT2D eigenvalue weighted by molar-refractivity contribution is 7.99. The topological polar surface area (TPSA) is 70.9 Å². The number of halogens is 9. The number of hydrogen-bond acceptors (Lipinski definition) is 7. The molecule has 3 aliphatic heterocycles. The third kappa shape index (κ3) is 7.21. The van der Waals surface area contributed by atoms with Gasteiger partial charge in [-0.3, -0.25) is 14.4 Å². The molecule has 0 saturated carbocycles. The summed E-state index contributed by atoms with van der Waals surface area (Å²) in [6.45, 7) is 7.10. The maximum absolute atomic E-state index is 15.5. The van der Waals surface area contributed by atoms with Crippen molar-refractivity contribution in [3.05, 3.63) is 50.9 Å². The monoisotopic (exact) mass is 767 g/mol. The molecule has 2 unspecified atom stereocenters. The number of carbonyl (C=O) groups excluding carboxylic acids is 1. The van der Waals surface area contributed by atoms with Crippen molar-refractivity contribution in [3.8, 4) is 11.1 Å². The largest absolute Gasteiger partial charge is 0.444 e.